The average Bonchev–Trinajstić information content (AvgIpc) is 2.65. The van der Waals surface area contributed by atoms with Crippen LogP contribution in [0.15, 0.2) is 24.3 Å². The number of rotatable bonds is 3. The number of halogens is 1. The first kappa shape index (κ1) is 12.2. The van der Waals surface area contributed by atoms with Gasteiger partial charge in [-0.2, -0.15) is 0 Å². The number of carbonyl (C=O) groups excluding carboxylic acids is 3. The first-order chi connectivity index (χ1) is 8.56. The van der Waals surface area contributed by atoms with E-state index in [0.29, 0.717) is 0 Å². The number of amides is 3. The Morgan fingerprint density at radius 2 is 2.17 bits per heavy atom. The van der Waals surface area contributed by atoms with Crippen LogP contribution >= 0.6 is 0 Å². The summed E-state index contributed by atoms with van der Waals surface area (Å²) in [6.07, 6.45) is -0.0394. The first-order valence-corrected chi connectivity index (χ1v) is 5.21. The molecule has 94 valence electrons. The Labute approximate surface area is 102 Å². The zero-order chi connectivity index (χ0) is 13.1. The molecule has 1 aliphatic heterocycles. The average molecular weight is 251 g/mol. The van der Waals surface area contributed by atoms with Gasteiger partial charge in [0.05, 0.1) is 6.42 Å². The van der Waals surface area contributed by atoms with Gasteiger partial charge in [0.25, 0.3) is 5.91 Å². The highest BCUT2D eigenvalue weighted by molar-refractivity contribution is 6.05. The lowest BCUT2D eigenvalue weighted by atomic mass is 10.2. The SMILES string of the molecule is O=C1C[C@@H](NNC(=O)c2cccc(F)c2)C(=O)N1. The predicted molar refractivity (Wildman–Crippen MR) is 58.6 cm³/mol. The molecule has 0 saturated carbocycles. The van der Waals surface area contributed by atoms with Crippen molar-refractivity contribution in [1.82, 2.24) is 16.2 Å². The van der Waals surface area contributed by atoms with Crippen molar-refractivity contribution >= 4 is 17.7 Å². The maximum Gasteiger partial charge on any atom is 0.265 e. The molecular formula is C11H10FN3O3. The van der Waals surface area contributed by atoms with Crippen molar-refractivity contribution in [3.8, 4) is 0 Å². The van der Waals surface area contributed by atoms with Gasteiger partial charge in [0.1, 0.15) is 11.9 Å². The van der Waals surface area contributed by atoms with Gasteiger partial charge in [-0.15, -0.1) is 0 Å². The minimum atomic E-state index is -0.796. The molecule has 0 aromatic heterocycles. The van der Waals surface area contributed by atoms with E-state index < -0.39 is 29.6 Å². The van der Waals surface area contributed by atoms with E-state index in [1.807, 2.05) is 0 Å². The van der Waals surface area contributed by atoms with Crippen molar-refractivity contribution in [2.24, 2.45) is 0 Å². The minimum absolute atomic E-state index is 0.0394. The minimum Gasteiger partial charge on any atom is -0.295 e. The van der Waals surface area contributed by atoms with Gasteiger partial charge in [-0.25, -0.2) is 9.82 Å². The van der Waals surface area contributed by atoms with E-state index >= 15 is 0 Å². The van der Waals surface area contributed by atoms with Crippen molar-refractivity contribution < 1.29 is 18.8 Å². The fraction of sp³-hybridized carbons (Fsp3) is 0.182. The van der Waals surface area contributed by atoms with Gasteiger partial charge in [0.15, 0.2) is 0 Å². The smallest absolute Gasteiger partial charge is 0.265 e. The maximum absolute atomic E-state index is 12.9. The molecule has 1 fully saturated rings. The molecular weight excluding hydrogens is 241 g/mol. The summed E-state index contributed by atoms with van der Waals surface area (Å²) >= 11 is 0. The fourth-order valence-corrected chi connectivity index (χ4v) is 1.52. The standard InChI is InChI=1S/C11H10FN3O3/c12-7-3-1-2-6(4-7)10(17)15-14-8-5-9(16)13-11(8)18/h1-4,8,14H,5H2,(H,15,17)(H,13,16,18)/t8-/m1/s1. The second-order valence-corrected chi connectivity index (χ2v) is 3.78. The summed E-state index contributed by atoms with van der Waals surface area (Å²) < 4.78 is 12.9. The number of carbonyl (C=O) groups is 3. The topological polar surface area (TPSA) is 87.3 Å². The Balaban J connectivity index is 1.93. The number of hydrogen-bond donors (Lipinski definition) is 3. The third-order valence-electron chi connectivity index (χ3n) is 2.42. The third-order valence-corrected chi connectivity index (χ3v) is 2.42. The molecule has 1 aromatic rings. The number of benzene rings is 1. The molecule has 1 aromatic carbocycles. The van der Waals surface area contributed by atoms with Gasteiger partial charge >= 0.3 is 0 Å². The Kier molecular flexibility index (Phi) is 3.33. The Hall–Kier alpha value is -2.28. The van der Waals surface area contributed by atoms with Crippen LogP contribution in [-0.4, -0.2) is 23.8 Å². The Morgan fingerprint density at radius 1 is 1.39 bits per heavy atom. The summed E-state index contributed by atoms with van der Waals surface area (Å²) in [5.74, 6) is -2.02. The molecule has 7 heteroatoms. The molecule has 3 N–H and O–H groups in total. The van der Waals surface area contributed by atoms with Crippen LogP contribution in [0.1, 0.15) is 16.8 Å². The maximum atomic E-state index is 12.9. The van der Waals surface area contributed by atoms with Gasteiger partial charge in [0.2, 0.25) is 11.8 Å². The molecule has 6 nitrogen and oxygen atoms in total. The van der Waals surface area contributed by atoms with E-state index in [1.165, 1.54) is 18.2 Å². The lowest BCUT2D eigenvalue weighted by molar-refractivity contribution is -0.125. The lowest BCUT2D eigenvalue weighted by Crippen LogP contribution is -2.47. The monoisotopic (exact) mass is 251 g/mol. The number of imide groups is 1. The number of nitrogens with one attached hydrogen (secondary N) is 3. The quantitative estimate of drug-likeness (QED) is 0.498. The summed E-state index contributed by atoms with van der Waals surface area (Å²) in [7, 11) is 0. The molecule has 2 rings (SSSR count). The largest absolute Gasteiger partial charge is 0.295 e. The zero-order valence-corrected chi connectivity index (χ0v) is 9.20. The third kappa shape index (κ3) is 2.69. The van der Waals surface area contributed by atoms with Crippen molar-refractivity contribution in [1.29, 1.82) is 0 Å². The highest BCUT2D eigenvalue weighted by atomic mass is 19.1. The summed E-state index contributed by atoms with van der Waals surface area (Å²) in [5, 5.41) is 2.09. The zero-order valence-electron chi connectivity index (χ0n) is 9.20. The number of hydrazine groups is 1. The first-order valence-electron chi connectivity index (χ1n) is 5.21. The summed E-state index contributed by atoms with van der Waals surface area (Å²) in [5.41, 5.74) is 4.79. The van der Waals surface area contributed by atoms with Crippen molar-refractivity contribution in [3.63, 3.8) is 0 Å². The van der Waals surface area contributed by atoms with Gasteiger partial charge in [-0.05, 0) is 18.2 Å². The highest BCUT2D eigenvalue weighted by Crippen LogP contribution is 2.03. The van der Waals surface area contributed by atoms with Crippen LogP contribution in [-0.2, 0) is 9.59 Å². The van der Waals surface area contributed by atoms with Crippen LogP contribution in [0, 0.1) is 5.82 Å². The predicted octanol–water partition coefficient (Wildman–Crippen LogP) is -0.525. The second-order valence-electron chi connectivity index (χ2n) is 3.78. The van der Waals surface area contributed by atoms with Crippen molar-refractivity contribution in [2.75, 3.05) is 0 Å². The highest BCUT2D eigenvalue weighted by Gasteiger charge is 2.30. The Morgan fingerprint density at radius 3 is 2.78 bits per heavy atom. The molecule has 1 heterocycles. The van der Waals surface area contributed by atoms with Crippen LogP contribution in [0.3, 0.4) is 0 Å². The normalized spacial score (nSPS) is 18.6. The fourth-order valence-electron chi connectivity index (χ4n) is 1.52. The molecule has 3 amide bonds. The number of hydrogen-bond acceptors (Lipinski definition) is 4. The van der Waals surface area contributed by atoms with E-state index in [1.54, 1.807) is 0 Å². The second kappa shape index (κ2) is 4.92. The van der Waals surface area contributed by atoms with E-state index in [0.717, 1.165) is 6.07 Å². The molecule has 0 spiro atoms. The summed E-state index contributed by atoms with van der Waals surface area (Å²) in [6.45, 7) is 0. The molecule has 18 heavy (non-hydrogen) atoms. The molecule has 0 radical (unpaired) electrons. The summed E-state index contributed by atoms with van der Waals surface area (Å²) in [4.78, 5) is 33.7. The van der Waals surface area contributed by atoms with E-state index in [9.17, 15) is 18.8 Å². The Bertz CT molecular complexity index is 518. The van der Waals surface area contributed by atoms with Gasteiger partial charge < -0.3 is 0 Å². The van der Waals surface area contributed by atoms with E-state index in [-0.39, 0.29) is 12.0 Å². The van der Waals surface area contributed by atoms with Crippen LogP contribution in [0.2, 0.25) is 0 Å². The van der Waals surface area contributed by atoms with Crippen LogP contribution in [0.5, 0.6) is 0 Å². The molecule has 1 atom stereocenters. The molecule has 0 unspecified atom stereocenters. The van der Waals surface area contributed by atoms with Crippen LogP contribution in [0.25, 0.3) is 0 Å². The molecule has 0 aliphatic carbocycles. The van der Waals surface area contributed by atoms with E-state index in [4.69, 9.17) is 0 Å². The van der Waals surface area contributed by atoms with Gasteiger partial charge in [-0.3, -0.25) is 25.1 Å². The van der Waals surface area contributed by atoms with Gasteiger partial charge in [-0.1, -0.05) is 6.07 Å². The van der Waals surface area contributed by atoms with Crippen molar-refractivity contribution in [3.05, 3.63) is 35.6 Å². The summed E-state index contributed by atoms with van der Waals surface area (Å²) in [6, 6.07) is 4.32. The molecule has 1 aliphatic rings. The lowest BCUT2D eigenvalue weighted by Gasteiger charge is -2.10. The van der Waals surface area contributed by atoms with Crippen LogP contribution in [0.4, 0.5) is 4.39 Å². The van der Waals surface area contributed by atoms with Gasteiger partial charge in [0, 0.05) is 5.56 Å². The van der Waals surface area contributed by atoms with Crippen molar-refractivity contribution in [2.45, 2.75) is 12.5 Å². The molecule has 1 saturated heterocycles. The van der Waals surface area contributed by atoms with E-state index in [2.05, 4.69) is 16.2 Å². The molecule has 0 bridgehead atoms. The van der Waals surface area contributed by atoms with Crippen LogP contribution < -0.4 is 16.2 Å².